The fourth-order valence-electron chi connectivity index (χ4n) is 4.18. The van der Waals surface area contributed by atoms with Crippen molar-refractivity contribution in [1.29, 1.82) is 0 Å². The van der Waals surface area contributed by atoms with E-state index in [9.17, 15) is 18.0 Å². The smallest absolute Gasteiger partial charge is 0.328 e. The van der Waals surface area contributed by atoms with E-state index in [-0.39, 0.29) is 30.8 Å². The van der Waals surface area contributed by atoms with Gasteiger partial charge in [-0.1, -0.05) is 31.5 Å². The Morgan fingerprint density at radius 3 is 2.13 bits per heavy atom. The van der Waals surface area contributed by atoms with E-state index in [0.29, 0.717) is 24.2 Å². The van der Waals surface area contributed by atoms with Crippen LogP contribution in [0.3, 0.4) is 0 Å². The molecule has 8 heteroatoms. The van der Waals surface area contributed by atoms with Gasteiger partial charge in [-0.25, -0.2) is 13.2 Å². The lowest BCUT2D eigenvalue weighted by Gasteiger charge is -2.32. The molecular formula is C22H34N2O5S. The number of methoxy groups -OCH3 is 1. The van der Waals surface area contributed by atoms with Crippen molar-refractivity contribution in [3.63, 3.8) is 0 Å². The Hall–Kier alpha value is -1.93. The van der Waals surface area contributed by atoms with Crippen molar-refractivity contribution in [1.82, 2.24) is 9.62 Å². The Labute approximate surface area is 180 Å². The maximum absolute atomic E-state index is 13.2. The second kappa shape index (κ2) is 9.92. The lowest BCUT2D eigenvalue weighted by Crippen LogP contribution is -2.48. The first-order valence-corrected chi connectivity index (χ1v) is 11.9. The number of nitrogens with one attached hydrogen (secondary N) is 1. The maximum Gasteiger partial charge on any atom is 0.328 e. The quantitative estimate of drug-likeness (QED) is 0.661. The summed E-state index contributed by atoms with van der Waals surface area (Å²) in [5.74, 6) is -0.772. The molecule has 1 heterocycles. The molecule has 1 saturated heterocycles. The van der Waals surface area contributed by atoms with Gasteiger partial charge < -0.3 is 10.1 Å². The first kappa shape index (κ1) is 24.3. The van der Waals surface area contributed by atoms with Crippen LogP contribution in [-0.2, 0) is 24.3 Å². The van der Waals surface area contributed by atoms with Gasteiger partial charge in [0.05, 0.1) is 12.0 Å². The van der Waals surface area contributed by atoms with Gasteiger partial charge in [0, 0.05) is 19.0 Å². The molecule has 1 amide bonds. The van der Waals surface area contributed by atoms with E-state index in [4.69, 9.17) is 4.74 Å². The second-order valence-corrected chi connectivity index (χ2v) is 10.5. The number of esters is 1. The van der Waals surface area contributed by atoms with Crippen LogP contribution < -0.4 is 5.32 Å². The Balaban J connectivity index is 2.07. The molecule has 0 aliphatic carbocycles. The van der Waals surface area contributed by atoms with E-state index in [1.54, 1.807) is 0 Å². The maximum atomic E-state index is 13.2. The van der Waals surface area contributed by atoms with Gasteiger partial charge >= 0.3 is 5.97 Å². The first-order valence-electron chi connectivity index (χ1n) is 10.4. The standard InChI is InChI=1S/C22H34N2O5S/c1-14(2)11-19(22(26)29-6)23-21(25)18-7-9-24(10-8-18)30(27,28)20-16(4)12-15(3)13-17(20)5/h12-14,18-19H,7-11H2,1-6H3,(H,23,25). The molecule has 1 aliphatic rings. The molecule has 0 aromatic heterocycles. The molecule has 1 fully saturated rings. The molecule has 1 aromatic rings. The van der Waals surface area contributed by atoms with E-state index in [0.717, 1.165) is 16.7 Å². The topological polar surface area (TPSA) is 92.8 Å². The summed E-state index contributed by atoms with van der Waals surface area (Å²) in [5.41, 5.74) is 2.50. The van der Waals surface area contributed by atoms with Crippen LogP contribution in [0.2, 0.25) is 0 Å². The summed E-state index contributed by atoms with van der Waals surface area (Å²) in [5, 5.41) is 2.80. The van der Waals surface area contributed by atoms with Gasteiger partial charge in [-0.3, -0.25) is 4.79 Å². The molecule has 168 valence electrons. The number of carbonyl (C=O) groups excluding carboxylic acids is 2. The molecule has 30 heavy (non-hydrogen) atoms. The molecule has 0 saturated carbocycles. The molecule has 1 aromatic carbocycles. The predicted octanol–water partition coefficient (Wildman–Crippen LogP) is 2.72. The molecule has 0 radical (unpaired) electrons. The number of carbonyl (C=O) groups is 2. The van der Waals surface area contributed by atoms with Crippen molar-refractivity contribution < 1.29 is 22.7 Å². The Bertz CT molecular complexity index is 864. The summed E-state index contributed by atoms with van der Waals surface area (Å²) >= 11 is 0. The van der Waals surface area contributed by atoms with Crippen LogP contribution in [0.15, 0.2) is 17.0 Å². The lowest BCUT2D eigenvalue weighted by atomic mass is 9.96. The fraction of sp³-hybridized carbons (Fsp3) is 0.636. The number of amides is 1. The third-order valence-corrected chi connectivity index (χ3v) is 7.74. The molecule has 1 N–H and O–H groups in total. The summed E-state index contributed by atoms with van der Waals surface area (Å²) in [6.07, 6.45) is 1.34. The summed E-state index contributed by atoms with van der Waals surface area (Å²) in [6, 6.07) is 3.07. The number of hydrogen-bond acceptors (Lipinski definition) is 5. The summed E-state index contributed by atoms with van der Waals surface area (Å²) in [4.78, 5) is 25.0. The van der Waals surface area contributed by atoms with Crippen molar-refractivity contribution in [2.45, 2.75) is 64.8 Å². The van der Waals surface area contributed by atoms with Crippen LogP contribution in [0.4, 0.5) is 0 Å². The van der Waals surface area contributed by atoms with Crippen molar-refractivity contribution in [3.05, 3.63) is 28.8 Å². The van der Waals surface area contributed by atoms with E-state index < -0.39 is 22.0 Å². The Kier molecular flexibility index (Phi) is 8.05. The molecule has 1 aliphatic heterocycles. The number of sulfonamides is 1. The number of nitrogens with zero attached hydrogens (tertiary/aromatic N) is 1. The number of aryl methyl sites for hydroxylation is 3. The summed E-state index contributed by atoms with van der Waals surface area (Å²) < 4.78 is 32.7. The molecule has 0 bridgehead atoms. The third kappa shape index (κ3) is 5.60. The van der Waals surface area contributed by atoms with Gasteiger partial charge in [0.15, 0.2) is 0 Å². The monoisotopic (exact) mass is 438 g/mol. The third-order valence-electron chi connectivity index (χ3n) is 5.54. The van der Waals surface area contributed by atoms with Crippen LogP contribution >= 0.6 is 0 Å². The highest BCUT2D eigenvalue weighted by Crippen LogP contribution is 2.29. The van der Waals surface area contributed by atoms with Crippen molar-refractivity contribution in [2.75, 3.05) is 20.2 Å². The minimum Gasteiger partial charge on any atom is -0.467 e. The van der Waals surface area contributed by atoms with Crippen LogP contribution in [0.5, 0.6) is 0 Å². The van der Waals surface area contributed by atoms with Gasteiger partial charge in [0.2, 0.25) is 15.9 Å². The number of piperidine rings is 1. The molecule has 1 atom stereocenters. The van der Waals surface area contributed by atoms with Crippen LogP contribution in [0, 0.1) is 32.6 Å². The fourth-order valence-corrected chi connectivity index (χ4v) is 6.06. The summed E-state index contributed by atoms with van der Waals surface area (Å²) in [6.45, 7) is 10.1. The summed E-state index contributed by atoms with van der Waals surface area (Å²) in [7, 11) is -2.31. The highest BCUT2D eigenvalue weighted by atomic mass is 32.2. The van der Waals surface area contributed by atoms with Crippen LogP contribution in [0.25, 0.3) is 0 Å². The second-order valence-electron chi connectivity index (χ2n) is 8.62. The minimum absolute atomic E-state index is 0.217. The van der Waals surface area contributed by atoms with E-state index in [1.807, 2.05) is 46.8 Å². The molecule has 0 spiro atoms. The zero-order valence-corrected chi connectivity index (χ0v) is 19.6. The van der Waals surface area contributed by atoms with Gasteiger partial charge in [0.1, 0.15) is 6.04 Å². The van der Waals surface area contributed by atoms with Crippen LogP contribution in [-0.4, -0.2) is 50.8 Å². The molecule has 2 rings (SSSR count). The SMILES string of the molecule is COC(=O)C(CC(C)C)NC(=O)C1CCN(S(=O)(=O)c2c(C)cc(C)cc2C)CC1. The average Bonchev–Trinajstić information content (AvgIpc) is 2.65. The molecular weight excluding hydrogens is 404 g/mol. The Morgan fingerprint density at radius 1 is 1.13 bits per heavy atom. The van der Waals surface area contributed by atoms with E-state index >= 15 is 0 Å². The number of hydrogen-bond donors (Lipinski definition) is 1. The molecule has 1 unspecified atom stereocenters. The molecule has 7 nitrogen and oxygen atoms in total. The zero-order valence-electron chi connectivity index (χ0n) is 18.8. The Morgan fingerprint density at radius 2 is 1.67 bits per heavy atom. The lowest BCUT2D eigenvalue weighted by molar-refractivity contribution is -0.146. The largest absolute Gasteiger partial charge is 0.467 e. The van der Waals surface area contributed by atoms with Crippen molar-refractivity contribution in [2.24, 2.45) is 11.8 Å². The first-order chi connectivity index (χ1) is 14.0. The minimum atomic E-state index is -3.62. The van der Waals surface area contributed by atoms with Gasteiger partial charge in [-0.15, -0.1) is 0 Å². The van der Waals surface area contributed by atoms with Crippen molar-refractivity contribution >= 4 is 21.9 Å². The van der Waals surface area contributed by atoms with Crippen LogP contribution in [0.1, 0.15) is 49.8 Å². The van der Waals surface area contributed by atoms with E-state index in [2.05, 4.69) is 5.32 Å². The van der Waals surface area contributed by atoms with Crippen molar-refractivity contribution in [3.8, 4) is 0 Å². The highest BCUT2D eigenvalue weighted by Gasteiger charge is 2.35. The van der Waals surface area contributed by atoms with Gasteiger partial charge in [-0.2, -0.15) is 4.31 Å². The number of rotatable bonds is 7. The number of benzene rings is 1. The van der Waals surface area contributed by atoms with E-state index in [1.165, 1.54) is 11.4 Å². The highest BCUT2D eigenvalue weighted by molar-refractivity contribution is 7.89. The zero-order chi connectivity index (χ0) is 22.6. The van der Waals surface area contributed by atoms with Gasteiger partial charge in [0.25, 0.3) is 0 Å². The number of ether oxygens (including phenoxy) is 1. The van der Waals surface area contributed by atoms with Gasteiger partial charge in [-0.05, 0) is 57.1 Å². The predicted molar refractivity (Wildman–Crippen MR) is 116 cm³/mol. The average molecular weight is 439 g/mol. The normalized spacial score (nSPS) is 17.0.